The summed E-state index contributed by atoms with van der Waals surface area (Å²) in [5.74, 6) is 0.382. The van der Waals surface area contributed by atoms with E-state index in [1.165, 1.54) is 0 Å². The molecule has 0 aliphatic carbocycles. The molecule has 1 fully saturated rings. The first-order chi connectivity index (χ1) is 12.1. The number of hydrogen-bond acceptors (Lipinski definition) is 5. The molecule has 0 atom stereocenters. The van der Waals surface area contributed by atoms with Crippen molar-refractivity contribution in [3.8, 4) is 5.88 Å². The topological polar surface area (TPSA) is 63.7 Å². The number of carbonyl (C=O) groups excluding carboxylic acids is 1. The van der Waals surface area contributed by atoms with E-state index >= 15 is 0 Å². The van der Waals surface area contributed by atoms with Gasteiger partial charge in [0.2, 0.25) is 5.88 Å². The van der Waals surface area contributed by atoms with E-state index in [4.69, 9.17) is 9.47 Å². The maximum absolute atomic E-state index is 12.7. The third-order valence-corrected chi connectivity index (χ3v) is 4.11. The number of pyridine rings is 1. The first-order valence-corrected chi connectivity index (χ1v) is 8.78. The molecule has 25 heavy (non-hydrogen) atoms. The van der Waals surface area contributed by atoms with Crippen molar-refractivity contribution in [2.24, 2.45) is 0 Å². The molecule has 1 aliphatic rings. The second-order valence-corrected chi connectivity index (χ2v) is 6.40. The van der Waals surface area contributed by atoms with E-state index in [2.05, 4.69) is 15.2 Å². The summed E-state index contributed by atoms with van der Waals surface area (Å²) in [6.07, 6.45) is 0.00546. The van der Waals surface area contributed by atoms with Crippen LogP contribution in [0.3, 0.4) is 0 Å². The lowest BCUT2D eigenvalue weighted by atomic mass is 10.1. The number of rotatable bonds is 6. The van der Waals surface area contributed by atoms with Crippen molar-refractivity contribution in [2.45, 2.75) is 20.0 Å². The van der Waals surface area contributed by atoms with Gasteiger partial charge in [-0.15, -0.1) is 0 Å². The van der Waals surface area contributed by atoms with Gasteiger partial charge >= 0.3 is 0 Å². The molecule has 0 unspecified atom stereocenters. The highest BCUT2D eigenvalue weighted by atomic mass is 16.5. The average Bonchev–Trinajstić information content (AvgIpc) is 2.61. The molecule has 1 aliphatic heterocycles. The van der Waals surface area contributed by atoms with Crippen molar-refractivity contribution in [2.75, 3.05) is 39.4 Å². The minimum atomic E-state index is -0.0968. The fourth-order valence-corrected chi connectivity index (χ4v) is 2.89. The van der Waals surface area contributed by atoms with Gasteiger partial charge in [0.05, 0.1) is 30.4 Å². The van der Waals surface area contributed by atoms with Gasteiger partial charge in [-0.25, -0.2) is 4.98 Å². The highest BCUT2D eigenvalue weighted by Crippen LogP contribution is 2.22. The molecular weight excluding hydrogens is 318 g/mol. The molecule has 1 aromatic carbocycles. The summed E-state index contributed by atoms with van der Waals surface area (Å²) in [6.45, 7) is 8.68. The quantitative estimate of drug-likeness (QED) is 0.870. The Morgan fingerprint density at radius 1 is 1.32 bits per heavy atom. The molecule has 2 aromatic rings. The van der Waals surface area contributed by atoms with Gasteiger partial charge in [0.15, 0.2) is 0 Å². The van der Waals surface area contributed by atoms with Crippen molar-refractivity contribution >= 4 is 16.8 Å². The summed E-state index contributed by atoms with van der Waals surface area (Å²) >= 11 is 0. The average molecular weight is 343 g/mol. The van der Waals surface area contributed by atoms with Crippen LogP contribution in [0.2, 0.25) is 0 Å². The number of nitrogens with zero attached hydrogens (tertiary/aromatic N) is 2. The van der Waals surface area contributed by atoms with Crippen molar-refractivity contribution in [3.05, 3.63) is 35.9 Å². The highest BCUT2D eigenvalue weighted by Gasteiger charge is 2.15. The molecule has 134 valence electrons. The zero-order valence-corrected chi connectivity index (χ0v) is 14.8. The maximum atomic E-state index is 12.7. The monoisotopic (exact) mass is 343 g/mol. The largest absolute Gasteiger partial charge is 0.475 e. The molecule has 6 nitrogen and oxygen atoms in total. The third-order valence-electron chi connectivity index (χ3n) is 4.11. The van der Waals surface area contributed by atoms with Gasteiger partial charge in [-0.1, -0.05) is 18.2 Å². The lowest BCUT2D eigenvalue weighted by molar-refractivity contribution is 0.0383. The molecule has 2 heterocycles. The van der Waals surface area contributed by atoms with E-state index < -0.39 is 0 Å². The molecule has 0 spiro atoms. The van der Waals surface area contributed by atoms with Crippen molar-refractivity contribution in [1.29, 1.82) is 0 Å². The van der Waals surface area contributed by atoms with Crippen molar-refractivity contribution < 1.29 is 14.3 Å². The van der Waals surface area contributed by atoms with Crippen LogP contribution in [-0.2, 0) is 4.74 Å². The number of carbonyl (C=O) groups is 1. The van der Waals surface area contributed by atoms with Gasteiger partial charge in [-0.2, -0.15) is 0 Å². The smallest absolute Gasteiger partial charge is 0.252 e. The number of morpholine rings is 1. The zero-order valence-electron chi connectivity index (χ0n) is 14.8. The Morgan fingerprint density at radius 3 is 2.84 bits per heavy atom. The molecule has 1 N–H and O–H groups in total. The summed E-state index contributed by atoms with van der Waals surface area (Å²) in [4.78, 5) is 19.5. The van der Waals surface area contributed by atoms with Crippen LogP contribution in [0, 0.1) is 0 Å². The molecule has 1 amide bonds. The number of amides is 1. The fourth-order valence-electron chi connectivity index (χ4n) is 2.89. The normalized spacial score (nSPS) is 15.5. The summed E-state index contributed by atoms with van der Waals surface area (Å²) < 4.78 is 11.0. The number of aromatic nitrogens is 1. The number of hydrogen-bond donors (Lipinski definition) is 1. The Balaban J connectivity index is 1.72. The number of nitrogens with one attached hydrogen (secondary N) is 1. The lowest BCUT2D eigenvalue weighted by Crippen LogP contribution is -2.41. The van der Waals surface area contributed by atoms with E-state index in [1.54, 1.807) is 6.07 Å². The first kappa shape index (κ1) is 17.6. The number of benzene rings is 1. The van der Waals surface area contributed by atoms with Crippen LogP contribution in [0.15, 0.2) is 30.3 Å². The van der Waals surface area contributed by atoms with Crippen LogP contribution in [0.4, 0.5) is 0 Å². The zero-order chi connectivity index (χ0) is 17.6. The van der Waals surface area contributed by atoms with Gasteiger partial charge in [-0.05, 0) is 19.9 Å². The Bertz CT molecular complexity index is 727. The Labute approximate surface area is 148 Å². The van der Waals surface area contributed by atoms with Gasteiger partial charge in [0, 0.05) is 37.6 Å². The van der Waals surface area contributed by atoms with Gasteiger partial charge in [0.25, 0.3) is 5.91 Å². The van der Waals surface area contributed by atoms with E-state index in [9.17, 15) is 4.79 Å². The maximum Gasteiger partial charge on any atom is 0.252 e. The van der Waals surface area contributed by atoms with Crippen LogP contribution in [0.5, 0.6) is 5.88 Å². The minimum absolute atomic E-state index is 0.00546. The lowest BCUT2D eigenvalue weighted by Gasteiger charge is -2.26. The van der Waals surface area contributed by atoms with Gasteiger partial charge < -0.3 is 14.8 Å². The molecule has 6 heteroatoms. The predicted molar refractivity (Wildman–Crippen MR) is 97.1 cm³/mol. The minimum Gasteiger partial charge on any atom is -0.475 e. The summed E-state index contributed by atoms with van der Waals surface area (Å²) in [7, 11) is 0. The second-order valence-electron chi connectivity index (χ2n) is 6.40. The number of para-hydroxylation sites is 1. The van der Waals surface area contributed by atoms with Gasteiger partial charge in [0.1, 0.15) is 0 Å². The van der Waals surface area contributed by atoms with Crippen LogP contribution in [0.25, 0.3) is 10.9 Å². The van der Waals surface area contributed by atoms with E-state index in [0.29, 0.717) is 18.0 Å². The van der Waals surface area contributed by atoms with Crippen LogP contribution in [-0.4, -0.2) is 61.3 Å². The van der Waals surface area contributed by atoms with E-state index in [0.717, 1.165) is 43.8 Å². The van der Waals surface area contributed by atoms with E-state index in [-0.39, 0.29) is 12.0 Å². The summed E-state index contributed by atoms with van der Waals surface area (Å²) in [6, 6.07) is 9.36. The molecule has 0 radical (unpaired) electrons. The van der Waals surface area contributed by atoms with E-state index in [1.807, 2.05) is 38.1 Å². The molecular formula is C19H25N3O3. The number of ether oxygens (including phenoxy) is 2. The Hall–Kier alpha value is -2.18. The molecule has 0 bridgehead atoms. The summed E-state index contributed by atoms with van der Waals surface area (Å²) in [5, 5.41) is 3.85. The molecule has 3 rings (SSSR count). The standard InChI is InChI=1S/C19H25N3O3/c1-14(2)25-18-13-16(15-5-3-4-6-17(15)21-18)19(23)20-7-8-22-9-11-24-12-10-22/h3-6,13-14H,7-12H2,1-2H3,(H,20,23). The Kier molecular flexibility index (Phi) is 5.83. The first-order valence-electron chi connectivity index (χ1n) is 8.78. The third kappa shape index (κ3) is 4.67. The van der Waals surface area contributed by atoms with Crippen molar-refractivity contribution in [1.82, 2.24) is 15.2 Å². The Morgan fingerprint density at radius 2 is 2.08 bits per heavy atom. The number of fused-ring (bicyclic) bond motifs is 1. The molecule has 1 saturated heterocycles. The summed E-state index contributed by atoms with van der Waals surface area (Å²) in [5.41, 5.74) is 1.36. The van der Waals surface area contributed by atoms with Crippen LogP contribution < -0.4 is 10.1 Å². The highest BCUT2D eigenvalue weighted by molar-refractivity contribution is 6.06. The van der Waals surface area contributed by atoms with Crippen LogP contribution >= 0.6 is 0 Å². The molecule has 1 aromatic heterocycles. The fraction of sp³-hybridized carbons (Fsp3) is 0.474. The second kappa shape index (κ2) is 8.27. The van der Waals surface area contributed by atoms with Crippen molar-refractivity contribution in [3.63, 3.8) is 0 Å². The molecule has 0 saturated carbocycles. The predicted octanol–water partition coefficient (Wildman–Crippen LogP) is 2.08. The van der Waals surface area contributed by atoms with Crippen LogP contribution in [0.1, 0.15) is 24.2 Å². The van der Waals surface area contributed by atoms with Gasteiger partial charge in [-0.3, -0.25) is 9.69 Å². The SMILES string of the molecule is CC(C)Oc1cc(C(=O)NCCN2CCOCC2)c2ccccc2n1.